The van der Waals surface area contributed by atoms with Gasteiger partial charge in [-0.1, -0.05) is 36.4 Å². The quantitative estimate of drug-likeness (QED) is 0.518. The maximum Gasteiger partial charge on any atom is 0.348 e. The third-order valence-electron chi connectivity index (χ3n) is 4.84. The molecule has 2 heterocycles. The van der Waals surface area contributed by atoms with Crippen LogP contribution >= 0.6 is 0 Å². The number of aryl methyl sites for hydroxylation is 1. The van der Waals surface area contributed by atoms with E-state index in [2.05, 4.69) is 20.6 Å². The minimum atomic E-state index is -0.519. The van der Waals surface area contributed by atoms with E-state index >= 15 is 0 Å². The molecule has 1 amide bonds. The van der Waals surface area contributed by atoms with Gasteiger partial charge in [0.25, 0.3) is 11.9 Å². The van der Waals surface area contributed by atoms with E-state index in [1.165, 1.54) is 0 Å². The van der Waals surface area contributed by atoms with Crippen LogP contribution in [-0.2, 0) is 0 Å². The lowest BCUT2D eigenvalue weighted by Crippen LogP contribution is -2.16. The molecule has 0 aliphatic rings. The third kappa shape index (κ3) is 3.91. The Balaban J connectivity index is 1.63. The molecule has 0 saturated heterocycles. The standard InChI is InChI=1S/C23H20N4O3/c1-14-17(26-21(28)19-10-6-7-13-24-19)11-12-18-20(14)22(29)30-23(27-18)25-15(2)16-8-4-3-5-9-16/h3-13,15H,1-2H3,(H,25,27)(H,26,28)/t15-/m1/s1. The molecule has 1 atom stereocenters. The number of nitrogens with one attached hydrogen (secondary N) is 2. The van der Waals surface area contributed by atoms with Gasteiger partial charge in [-0.25, -0.2) is 4.79 Å². The molecule has 150 valence electrons. The van der Waals surface area contributed by atoms with Crippen molar-refractivity contribution in [2.45, 2.75) is 19.9 Å². The van der Waals surface area contributed by atoms with Gasteiger partial charge in [-0.3, -0.25) is 9.78 Å². The fraction of sp³-hybridized carbons (Fsp3) is 0.130. The zero-order valence-electron chi connectivity index (χ0n) is 16.5. The third-order valence-corrected chi connectivity index (χ3v) is 4.84. The molecule has 0 aliphatic carbocycles. The number of benzene rings is 2. The van der Waals surface area contributed by atoms with E-state index < -0.39 is 5.63 Å². The first-order chi connectivity index (χ1) is 14.5. The molecule has 0 bridgehead atoms. The Hall–Kier alpha value is -4.00. The highest BCUT2D eigenvalue weighted by atomic mass is 16.4. The topological polar surface area (TPSA) is 97.1 Å². The zero-order chi connectivity index (χ0) is 21.1. The lowest BCUT2D eigenvalue weighted by atomic mass is 10.1. The molecule has 7 heteroatoms. The van der Waals surface area contributed by atoms with Crippen molar-refractivity contribution in [2.75, 3.05) is 10.6 Å². The van der Waals surface area contributed by atoms with Gasteiger partial charge in [-0.15, -0.1) is 0 Å². The molecule has 2 N–H and O–H groups in total. The molecule has 0 unspecified atom stereocenters. The minimum Gasteiger partial charge on any atom is -0.389 e. The molecular formula is C23H20N4O3. The predicted molar refractivity (Wildman–Crippen MR) is 116 cm³/mol. The van der Waals surface area contributed by atoms with Crippen LogP contribution < -0.4 is 16.3 Å². The second-order valence-corrected chi connectivity index (χ2v) is 6.88. The molecule has 7 nitrogen and oxygen atoms in total. The molecule has 2 aromatic heterocycles. The molecule has 0 radical (unpaired) electrons. The largest absolute Gasteiger partial charge is 0.389 e. The predicted octanol–water partition coefficient (Wildman–Crippen LogP) is 4.32. The Morgan fingerprint density at radius 1 is 1.03 bits per heavy atom. The van der Waals surface area contributed by atoms with E-state index in [1.807, 2.05) is 37.3 Å². The maximum absolute atomic E-state index is 12.7. The van der Waals surface area contributed by atoms with Crippen molar-refractivity contribution >= 4 is 28.5 Å². The number of aromatic nitrogens is 2. The number of hydrogen-bond acceptors (Lipinski definition) is 6. The average molecular weight is 400 g/mol. The van der Waals surface area contributed by atoms with Gasteiger partial charge >= 0.3 is 5.63 Å². The van der Waals surface area contributed by atoms with Gasteiger partial charge in [0.15, 0.2) is 0 Å². The number of rotatable bonds is 5. The molecule has 0 aliphatic heterocycles. The Kier molecular flexibility index (Phi) is 5.26. The van der Waals surface area contributed by atoms with Crippen molar-refractivity contribution in [1.29, 1.82) is 0 Å². The summed E-state index contributed by atoms with van der Waals surface area (Å²) in [5, 5.41) is 6.24. The summed E-state index contributed by atoms with van der Waals surface area (Å²) in [4.78, 5) is 33.5. The summed E-state index contributed by atoms with van der Waals surface area (Å²) in [5.74, 6) is -0.356. The normalized spacial score (nSPS) is 11.8. The molecular weight excluding hydrogens is 380 g/mol. The smallest absolute Gasteiger partial charge is 0.348 e. The summed E-state index contributed by atoms with van der Waals surface area (Å²) in [5.41, 5.74) is 2.39. The second-order valence-electron chi connectivity index (χ2n) is 6.88. The van der Waals surface area contributed by atoms with Gasteiger partial charge in [-0.05, 0) is 49.2 Å². The number of nitrogens with zero attached hydrogens (tertiary/aromatic N) is 2. The van der Waals surface area contributed by atoms with Crippen LogP contribution in [-0.4, -0.2) is 15.9 Å². The van der Waals surface area contributed by atoms with Crippen LogP contribution in [0.5, 0.6) is 0 Å². The van der Waals surface area contributed by atoms with Crippen LogP contribution in [0.3, 0.4) is 0 Å². The van der Waals surface area contributed by atoms with E-state index in [0.29, 0.717) is 22.2 Å². The summed E-state index contributed by atoms with van der Waals surface area (Å²) in [6.07, 6.45) is 1.55. The van der Waals surface area contributed by atoms with E-state index in [9.17, 15) is 9.59 Å². The Labute approximate surface area is 172 Å². The Bertz CT molecular complexity index is 1250. The van der Waals surface area contributed by atoms with Gasteiger partial charge in [0.1, 0.15) is 5.69 Å². The number of fused-ring (bicyclic) bond motifs is 1. The van der Waals surface area contributed by atoms with E-state index in [1.54, 1.807) is 43.5 Å². The van der Waals surface area contributed by atoms with Gasteiger partial charge in [0, 0.05) is 11.9 Å². The molecule has 0 saturated carbocycles. The van der Waals surface area contributed by atoms with Crippen molar-refractivity contribution in [3.63, 3.8) is 0 Å². The van der Waals surface area contributed by atoms with Crippen LogP contribution in [0.1, 0.15) is 34.6 Å². The van der Waals surface area contributed by atoms with Gasteiger partial charge in [-0.2, -0.15) is 4.98 Å². The number of pyridine rings is 1. The number of amides is 1. The molecule has 0 spiro atoms. The van der Waals surface area contributed by atoms with Crippen LogP contribution in [0.4, 0.5) is 11.7 Å². The summed E-state index contributed by atoms with van der Waals surface area (Å²) >= 11 is 0. The Morgan fingerprint density at radius 2 is 1.80 bits per heavy atom. The fourth-order valence-corrected chi connectivity index (χ4v) is 3.21. The summed E-state index contributed by atoms with van der Waals surface area (Å²) in [6.45, 7) is 3.71. The van der Waals surface area contributed by atoms with E-state index in [0.717, 1.165) is 5.56 Å². The van der Waals surface area contributed by atoms with Gasteiger partial charge < -0.3 is 15.1 Å². The van der Waals surface area contributed by atoms with Gasteiger partial charge in [0.05, 0.1) is 16.9 Å². The van der Waals surface area contributed by atoms with Crippen LogP contribution in [0.15, 0.2) is 76.1 Å². The van der Waals surface area contributed by atoms with Crippen LogP contribution in [0, 0.1) is 6.92 Å². The van der Waals surface area contributed by atoms with E-state index in [-0.39, 0.29) is 23.7 Å². The van der Waals surface area contributed by atoms with Crippen LogP contribution in [0.2, 0.25) is 0 Å². The summed E-state index contributed by atoms with van der Waals surface area (Å²) in [6, 6.07) is 18.4. The SMILES string of the molecule is Cc1c(NC(=O)c2ccccn2)ccc2nc(N[C@H](C)c3ccccc3)oc(=O)c12. The molecule has 4 aromatic rings. The summed E-state index contributed by atoms with van der Waals surface area (Å²) < 4.78 is 5.41. The molecule has 30 heavy (non-hydrogen) atoms. The first kappa shape index (κ1) is 19.3. The Morgan fingerprint density at radius 3 is 2.53 bits per heavy atom. The number of carbonyl (C=O) groups is 1. The number of hydrogen-bond donors (Lipinski definition) is 2. The maximum atomic E-state index is 12.7. The van der Waals surface area contributed by atoms with Crippen LogP contribution in [0.25, 0.3) is 10.9 Å². The first-order valence-corrected chi connectivity index (χ1v) is 9.51. The zero-order valence-corrected chi connectivity index (χ0v) is 16.5. The average Bonchev–Trinajstić information content (AvgIpc) is 2.76. The number of anilines is 2. The minimum absolute atomic E-state index is 0.0858. The highest BCUT2D eigenvalue weighted by molar-refractivity contribution is 6.04. The second kappa shape index (κ2) is 8.16. The molecule has 4 rings (SSSR count). The first-order valence-electron chi connectivity index (χ1n) is 9.51. The fourth-order valence-electron chi connectivity index (χ4n) is 3.21. The molecule has 2 aromatic carbocycles. The monoisotopic (exact) mass is 400 g/mol. The lowest BCUT2D eigenvalue weighted by molar-refractivity contribution is 0.102. The van der Waals surface area contributed by atoms with Crippen molar-refractivity contribution in [3.05, 3.63) is 94.1 Å². The lowest BCUT2D eigenvalue weighted by Gasteiger charge is -2.14. The highest BCUT2D eigenvalue weighted by Crippen LogP contribution is 2.24. The summed E-state index contributed by atoms with van der Waals surface area (Å²) in [7, 11) is 0. The van der Waals surface area contributed by atoms with Crippen molar-refractivity contribution < 1.29 is 9.21 Å². The van der Waals surface area contributed by atoms with Crippen molar-refractivity contribution in [1.82, 2.24) is 9.97 Å². The number of carbonyl (C=O) groups excluding carboxylic acids is 1. The van der Waals surface area contributed by atoms with E-state index in [4.69, 9.17) is 4.42 Å². The van der Waals surface area contributed by atoms with Gasteiger partial charge in [0.2, 0.25) is 0 Å². The van der Waals surface area contributed by atoms with Crippen molar-refractivity contribution in [3.8, 4) is 0 Å². The molecule has 0 fully saturated rings. The highest BCUT2D eigenvalue weighted by Gasteiger charge is 2.16. The van der Waals surface area contributed by atoms with Crippen molar-refractivity contribution in [2.24, 2.45) is 0 Å².